The van der Waals surface area contributed by atoms with Gasteiger partial charge in [0.15, 0.2) is 0 Å². The largest absolute Gasteiger partial charge is 0.462 e. The van der Waals surface area contributed by atoms with Crippen LogP contribution in [0.5, 0.6) is 0 Å². The second kappa shape index (κ2) is 6.95. The van der Waals surface area contributed by atoms with Crippen LogP contribution in [0.4, 0.5) is 17.1 Å². The molecule has 0 unspecified atom stereocenters. The van der Waals surface area contributed by atoms with E-state index in [4.69, 9.17) is 10.5 Å². The summed E-state index contributed by atoms with van der Waals surface area (Å²) in [5, 5.41) is 3.20. The summed E-state index contributed by atoms with van der Waals surface area (Å²) < 4.78 is 6.84. The van der Waals surface area contributed by atoms with Crippen molar-refractivity contribution in [2.45, 2.75) is 6.92 Å². The van der Waals surface area contributed by atoms with Gasteiger partial charge in [0.1, 0.15) is 0 Å². The van der Waals surface area contributed by atoms with Gasteiger partial charge in [0.25, 0.3) is 0 Å². The van der Waals surface area contributed by atoms with Crippen LogP contribution >= 0.6 is 31.9 Å². The number of benzene rings is 2. The van der Waals surface area contributed by atoms with E-state index in [1.165, 1.54) is 0 Å². The maximum atomic E-state index is 11.8. The van der Waals surface area contributed by atoms with Crippen LogP contribution in [0.15, 0.2) is 45.3 Å². The monoisotopic (exact) mass is 412 g/mol. The van der Waals surface area contributed by atoms with Crippen LogP contribution < -0.4 is 11.1 Å². The minimum Gasteiger partial charge on any atom is -0.462 e. The van der Waals surface area contributed by atoms with E-state index in [-0.39, 0.29) is 0 Å². The summed E-state index contributed by atoms with van der Waals surface area (Å²) in [6.45, 7) is 2.07. The van der Waals surface area contributed by atoms with Crippen molar-refractivity contribution in [3.8, 4) is 0 Å². The van der Waals surface area contributed by atoms with Crippen LogP contribution in [-0.2, 0) is 4.74 Å². The van der Waals surface area contributed by atoms with Gasteiger partial charge in [-0.3, -0.25) is 0 Å². The molecule has 0 aliphatic carbocycles. The third-order valence-corrected chi connectivity index (χ3v) is 3.95. The molecule has 0 radical (unpaired) electrons. The molecule has 0 saturated carbocycles. The highest BCUT2D eigenvalue weighted by Crippen LogP contribution is 2.32. The number of carbonyl (C=O) groups excluding carboxylic acids is 1. The van der Waals surface area contributed by atoms with Crippen molar-refractivity contribution >= 4 is 54.9 Å². The number of nitrogens with one attached hydrogen (secondary N) is 1. The molecule has 4 nitrogen and oxygen atoms in total. The Bertz CT molecular complexity index is 675. The van der Waals surface area contributed by atoms with E-state index >= 15 is 0 Å². The van der Waals surface area contributed by atoms with Gasteiger partial charge in [-0.05, 0) is 53.2 Å². The molecule has 0 fully saturated rings. The number of halogens is 2. The molecule has 0 aliphatic heterocycles. The smallest absolute Gasteiger partial charge is 0.340 e. The first-order valence-corrected chi connectivity index (χ1v) is 7.89. The minimum atomic E-state index is -0.423. The van der Waals surface area contributed by atoms with E-state index in [0.717, 1.165) is 14.6 Å². The van der Waals surface area contributed by atoms with Gasteiger partial charge in [0, 0.05) is 8.95 Å². The third kappa shape index (κ3) is 3.77. The Morgan fingerprint density at radius 1 is 1.24 bits per heavy atom. The predicted molar refractivity (Wildman–Crippen MR) is 91.9 cm³/mol. The summed E-state index contributed by atoms with van der Waals surface area (Å²) in [7, 11) is 0. The van der Waals surface area contributed by atoms with Crippen molar-refractivity contribution in [2.75, 3.05) is 17.7 Å². The fraction of sp³-hybridized carbons (Fsp3) is 0.133. The molecule has 6 heteroatoms. The molecule has 0 saturated heterocycles. The summed E-state index contributed by atoms with van der Waals surface area (Å²) in [5.41, 5.74) is 8.29. The van der Waals surface area contributed by atoms with E-state index in [9.17, 15) is 4.79 Å². The van der Waals surface area contributed by atoms with Gasteiger partial charge >= 0.3 is 5.97 Å². The topological polar surface area (TPSA) is 64.3 Å². The lowest BCUT2D eigenvalue weighted by molar-refractivity contribution is 0.0527. The molecule has 0 amide bonds. The second-order valence-corrected chi connectivity index (χ2v) is 6.01. The fourth-order valence-corrected chi connectivity index (χ4v) is 2.94. The van der Waals surface area contributed by atoms with Gasteiger partial charge in [-0.1, -0.05) is 22.0 Å². The van der Waals surface area contributed by atoms with E-state index < -0.39 is 5.97 Å². The molecule has 0 aromatic heterocycles. The molecule has 2 aromatic carbocycles. The van der Waals surface area contributed by atoms with Gasteiger partial charge in [-0.15, -0.1) is 0 Å². The number of nitrogen functional groups attached to an aromatic ring is 1. The highest BCUT2D eigenvalue weighted by Gasteiger charge is 2.14. The standard InChI is InChI=1S/C15H14Br2N2O2/c1-2-21-15(20)10-4-3-5-13(14(10)18)19-12-7-6-9(16)8-11(12)17/h3-8,19H,2,18H2,1H3. The second-order valence-electron chi connectivity index (χ2n) is 4.24. The van der Waals surface area contributed by atoms with Crippen LogP contribution in [0.25, 0.3) is 0 Å². The molecular formula is C15H14Br2N2O2. The predicted octanol–water partition coefficient (Wildman–Crippen LogP) is 4.71. The van der Waals surface area contributed by atoms with Crippen LogP contribution in [0, 0.1) is 0 Å². The summed E-state index contributed by atoms with van der Waals surface area (Å²) >= 11 is 6.88. The Morgan fingerprint density at radius 2 is 2.00 bits per heavy atom. The molecule has 2 rings (SSSR count). The number of esters is 1. The van der Waals surface area contributed by atoms with Crippen LogP contribution in [0.1, 0.15) is 17.3 Å². The summed E-state index contributed by atoms with van der Waals surface area (Å²) in [4.78, 5) is 11.8. The number of hydrogen-bond acceptors (Lipinski definition) is 4. The zero-order valence-electron chi connectivity index (χ0n) is 11.3. The number of ether oxygens (including phenoxy) is 1. The van der Waals surface area contributed by atoms with Gasteiger partial charge in [0.2, 0.25) is 0 Å². The minimum absolute atomic E-state index is 0.314. The van der Waals surface area contributed by atoms with Crippen molar-refractivity contribution in [2.24, 2.45) is 0 Å². The van der Waals surface area contributed by atoms with Crippen molar-refractivity contribution < 1.29 is 9.53 Å². The maximum absolute atomic E-state index is 11.8. The molecule has 0 bridgehead atoms. The van der Waals surface area contributed by atoms with Gasteiger partial charge < -0.3 is 15.8 Å². The van der Waals surface area contributed by atoms with Crippen molar-refractivity contribution in [3.63, 3.8) is 0 Å². The van der Waals surface area contributed by atoms with Crippen LogP contribution in [-0.4, -0.2) is 12.6 Å². The van der Waals surface area contributed by atoms with Crippen molar-refractivity contribution in [1.82, 2.24) is 0 Å². The highest BCUT2D eigenvalue weighted by molar-refractivity contribution is 9.11. The van der Waals surface area contributed by atoms with Crippen LogP contribution in [0.2, 0.25) is 0 Å². The number of nitrogens with two attached hydrogens (primary N) is 1. The zero-order valence-corrected chi connectivity index (χ0v) is 14.5. The molecule has 110 valence electrons. The number of hydrogen-bond donors (Lipinski definition) is 2. The van der Waals surface area contributed by atoms with Crippen LogP contribution in [0.3, 0.4) is 0 Å². The maximum Gasteiger partial charge on any atom is 0.340 e. The van der Waals surface area contributed by atoms with Crippen molar-refractivity contribution in [3.05, 3.63) is 50.9 Å². The van der Waals surface area contributed by atoms with Crippen molar-refractivity contribution in [1.29, 1.82) is 0 Å². The summed E-state index contributed by atoms with van der Waals surface area (Å²) in [6.07, 6.45) is 0. The quantitative estimate of drug-likeness (QED) is 0.562. The SMILES string of the molecule is CCOC(=O)c1cccc(Nc2ccc(Br)cc2Br)c1N. The fourth-order valence-electron chi connectivity index (χ4n) is 1.80. The van der Waals surface area contributed by atoms with Gasteiger partial charge in [-0.2, -0.15) is 0 Å². The molecule has 0 heterocycles. The third-order valence-electron chi connectivity index (χ3n) is 2.80. The van der Waals surface area contributed by atoms with E-state index in [1.54, 1.807) is 19.1 Å². The first-order valence-electron chi connectivity index (χ1n) is 6.30. The van der Waals surface area contributed by atoms with Gasteiger partial charge in [-0.25, -0.2) is 4.79 Å². The first kappa shape index (κ1) is 15.9. The Morgan fingerprint density at radius 3 is 2.67 bits per heavy atom. The normalized spacial score (nSPS) is 10.2. The Balaban J connectivity index is 2.32. The molecule has 0 spiro atoms. The molecular weight excluding hydrogens is 400 g/mol. The van der Waals surface area contributed by atoms with E-state index in [1.807, 2.05) is 24.3 Å². The van der Waals surface area contributed by atoms with E-state index in [0.29, 0.717) is 23.5 Å². The Labute approximate surface area is 139 Å². The Kier molecular flexibility index (Phi) is 5.25. The lowest BCUT2D eigenvalue weighted by Gasteiger charge is -2.13. The number of carbonyl (C=O) groups is 1. The summed E-state index contributed by atoms with van der Waals surface area (Å²) in [5.74, 6) is -0.423. The molecule has 21 heavy (non-hydrogen) atoms. The number of rotatable bonds is 4. The Hall–Kier alpha value is -1.53. The lowest BCUT2D eigenvalue weighted by Crippen LogP contribution is -2.09. The summed E-state index contributed by atoms with van der Waals surface area (Å²) in [6, 6.07) is 11.0. The first-order chi connectivity index (χ1) is 10.0. The number of anilines is 3. The molecule has 2 aromatic rings. The lowest BCUT2D eigenvalue weighted by atomic mass is 10.1. The van der Waals surface area contributed by atoms with E-state index in [2.05, 4.69) is 37.2 Å². The average Bonchev–Trinajstić information content (AvgIpc) is 2.44. The highest BCUT2D eigenvalue weighted by atomic mass is 79.9. The average molecular weight is 414 g/mol. The number of para-hydroxylation sites is 1. The zero-order chi connectivity index (χ0) is 15.4. The molecule has 3 N–H and O–H groups in total. The van der Waals surface area contributed by atoms with Gasteiger partial charge in [0.05, 0.1) is 29.2 Å². The molecule has 0 atom stereocenters. The molecule has 0 aliphatic rings.